The lowest BCUT2D eigenvalue weighted by molar-refractivity contribution is 0.414. The first kappa shape index (κ1) is 12.6. The zero-order valence-electron chi connectivity index (χ0n) is 9.74. The van der Waals surface area contributed by atoms with Gasteiger partial charge < -0.3 is 10.5 Å². The van der Waals surface area contributed by atoms with Gasteiger partial charge in [0.2, 0.25) is 0 Å². The van der Waals surface area contributed by atoms with Gasteiger partial charge in [-0.25, -0.2) is 0 Å². The van der Waals surface area contributed by atoms with Crippen LogP contribution in [0.2, 0.25) is 0 Å². The fourth-order valence-electron chi connectivity index (χ4n) is 1.61. The maximum Gasteiger partial charge on any atom is 0.118 e. The molecule has 0 saturated heterocycles. The van der Waals surface area contributed by atoms with Crippen molar-refractivity contribution in [2.75, 3.05) is 7.11 Å². The van der Waals surface area contributed by atoms with Gasteiger partial charge in [0, 0.05) is 4.88 Å². The molecule has 0 bridgehead atoms. The molecule has 1 unspecified atom stereocenters. The zero-order valence-corrected chi connectivity index (χ0v) is 12.1. The Kier molecular flexibility index (Phi) is 3.86. The Hall–Kier alpha value is -0.840. The number of halogens is 1. The smallest absolute Gasteiger partial charge is 0.118 e. The van der Waals surface area contributed by atoms with Crippen LogP contribution < -0.4 is 10.5 Å². The molecule has 0 fully saturated rings. The molecule has 0 spiro atoms. The quantitative estimate of drug-likeness (QED) is 0.933. The first-order valence-electron chi connectivity index (χ1n) is 5.27. The topological polar surface area (TPSA) is 35.2 Å². The van der Waals surface area contributed by atoms with Crippen molar-refractivity contribution in [2.24, 2.45) is 5.73 Å². The van der Waals surface area contributed by atoms with Crippen molar-refractivity contribution in [3.8, 4) is 5.75 Å². The van der Waals surface area contributed by atoms with Gasteiger partial charge in [-0.3, -0.25) is 0 Å². The van der Waals surface area contributed by atoms with Crippen LogP contribution >= 0.6 is 27.3 Å². The molecule has 1 aromatic heterocycles. The predicted molar refractivity (Wildman–Crippen MR) is 75.8 cm³/mol. The fraction of sp³-hybridized carbons (Fsp3) is 0.231. The van der Waals surface area contributed by atoms with E-state index in [1.807, 2.05) is 24.3 Å². The summed E-state index contributed by atoms with van der Waals surface area (Å²) in [4.78, 5) is 1.17. The van der Waals surface area contributed by atoms with E-state index in [-0.39, 0.29) is 6.04 Å². The van der Waals surface area contributed by atoms with E-state index in [0.29, 0.717) is 0 Å². The minimum absolute atomic E-state index is 0.0732. The number of hydrogen-bond donors (Lipinski definition) is 1. The van der Waals surface area contributed by atoms with Crippen molar-refractivity contribution in [3.05, 3.63) is 50.1 Å². The summed E-state index contributed by atoms with van der Waals surface area (Å²) in [6.45, 7) is 2.07. The van der Waals surface area contributed by atoms with E-state index in [0.717, 1.165) is 15.1 Å². The highest BCUT2D eigenvalue weighted by Gasteiger charge is 2.13. The first-order valence-corrected chi connectivity index (χ1v) is 6.88. The van der Waals surface area contributed by atoms with Gasteiger partial charge in [0.15, 0.2) is 0 Å². The Labute approximate surface area is 114 Å². The normalized spacial score (nSPS) is 12.5. The van der Waals surface area contributed by atoms with Crippen LogP contribution in [0.15, 0.2) is 34.1 Å². The molecule has 2 nitrogen and oxygen atoms in total. The van der Waals surface area contributed by atoms with Crippen LogP contribution in [0.3, 0.4) is 0 Å². The lowest BCUT2D eigenvalue weighted by atomic mass is 10.1. The molecule has 0 aliphatic carbocycles. The van der Waals surface area contributed by atoms with Crippen molar-refractivity contribution in [1.29, 1.82) is 0 Å². The molecule has 0 aliphatic rings. The van der Waals surface area contributed by atoms with Crippen LogP contribution in [-0.2, 0) is 0 Å². The average Bonchev–Trinajstić information content (AvgIpc) is 2.69. The van der Waals surface area contributed by atoms with Crippen molar-refractivity contribution in [2.45, 2.75) is 13.0 Å². The number of hydrogen-bond acceptors (Lipinski definition) is 3. The Morgan fingerprint density at radius 1 is 1.29 bits per heavy atom. The molecule has 17 heavy (non-hydrogen) atoms. The molecule has 1 aromatic carbocycles. The van der Waals surface area contributed by atoms with Gasteiger partial charge in [0.05, 0.1) is 16.9 Å². The second-order valence-electron chi connectivity index (χ2n) is 3.86. The lowest BCUT2D eigenvalue weighted by Crippen LogP contribution is -2.09. The first-order chi connectivity index (χ1) is 8.11. The van der Waals surface area contributed by atoms with Crippen molar-refractivity contribution >= 4 is 27.3 Å². The van der Waals surface area contributed by atoms with Gasteiger partial charge in [0.1, 0.15) is 5.75 Å². The Bertz CT molecular complexity index is 487. The summed E-state index contributed by atoms with van der Waals surface area (Å²) in [6, 6.07) is 9.94. The summed E-state index contributed by atoms with van der Waals surface area (Å²) in [5.41, 5.74) is 8.57. The second kappa shape index (κ2) is 5.21. The molecule has 0 saturated carbocycles. The number of rotatable bonds is 3. The Balaban J connectivity index is 2.26. The van der Waals surface area contributed by atoms with Crippen LogP contribution in [-0.4, -0.2) is 7.11 Å². The molecule has 2 aromatic rings. The number of benzene rings is 1. The third-order valence-electron chi connectivity index (χ3n) is 2.66. The van der Waals surface area contributed by atoms with Crippen LogP contribution in [0.25, 0.3) is 0 Å². The monoisotopic (exact) mass is 311 g/mol. The fourth-order valence-corrected chi connectivity index (χ4v) is 3.21. The predicted octanol–water partition coefficient (Wildman–Crippen LogP) is 3.88. The molecule has 2 rings (SSSR count). The maximum atomic E-state index is 6.24. The zero-order chi connectivity index (χ0) is 12.4. The van der Waals surface area contributed by atoms with Crippen molar-refractivity contribution < 1.29 is 4.74 Å². The standard InChI is InChI=1S/C13H14BrNOS/c1-8-7-11(17-13(8)14)12(15)9-3-5-10(16-2)6-4-9/h3-7,12H,15H2,1-2H3. The summed E-state index contributed by atoms with van der Waals surface area (Å²) in [5, 5.41) is 0. The molecule has 0 aliphatic heterocycles. The van der Waals surface area contributed by atoms with Crippen molar-refractivity contribution in [1.82, 2.24) is 0 Å². The maximum absolute atomic E-state index is 6.24. The number of ether oxygens (including phenoxy) is 1. The Morgan fingerprint density at radius 2 is 1.94 bits per heavy atom. The molecule has 1 heterocycles. The molecule has 2 N–H and O–H groups in total. The third-order valence-corrected chi connectivity index (χ3v) is 4.88. The van der Waals surface area contributed by atoms with Gasteiger partial charge in [0.25, 0.3) is 0 Å². The van der Waals surface area contributed by atoms with E-state index in [1.165, 1.54) is 10.4 Å². The van der Waals surface area contributed by atoms with E-state index in [9.17, 15) is 0 Å². The molecule has 1 atom stereocenters. The number of aryl methyl sites for hydroxylation is 1. The Morgan fingerprint density at radius 3 is 2.41 bits per heavy atom. The minimum Gasteiger partial charge on any atom is -0.497 e. The summed E-state index contributed by atoms with van der Waals surface area (Å²) >= 11 is 5.21. The van der Waals surface area contributed by atoms with Crippen molar-refractivity contribution in [3.63, 3.8) is 0 Å². The summed E-state index contributed by atoms with van der Waals surface area (Å²) in [7, 11) is 1.66. The van der Waals surface area contributed by atoms with E-state index in [2.05, 4.69) is 28.9 Å². The number of thiophene rings is 1. The number of nitrogens with two attached hydrogens (primary N) is 1. The van der Waals surface area contributed by atoms with E-state index in [1.54, 1.807) is 18.4 Å². The van der Waals surface area contributed by atoms with Gasteiger partial charge in [-0.15, -0.1) is 11.3 Å². The highest BCUT2D eigenvalue weighted by atomic mass is 79.9. The van der Waals surface area contributed by atoms with Crippen LogP contribution in [0.5, 0.6) is 5.75 Å². The number of methoxy groups -OCH3 is 1. The summed E-state index contributed by atoms with van der Waals surface area (Å²) < 4.78 is 6.28. The second-order valence-corrected chi connectivity index (χ2v) is 6.26. The molecule has 4 heteroatoms. The molecule has 0 amide bonds. The van der Waals surface area contributed by atoms with E-state index >= 15 is 0 Å². The SMILES string of the molecule is COc1ccc(C(N)c2cc(C)c(Br)s2)cc1. The van der Waals surface area contributed by atoms with Gasteiger partial charge >= 0.3 is 0 Å². The molecule has 0 radical (unpaired) electrons. The van der Waals surface area contributed by atoms with Crippen LogP contribution in [0.4, 0.5) is 0 Å². The van der Waals surface area contributed by atoms with Crippen LogP contribution in [0, 0.1) is 6.92 Å². The van der Waals surface area contributed by atoms with Crippen LogP contribution in [0.1, 0.15) is 22.0 Å². The third kappa shape index (κ3) is 2.70. The lowest BCUT2D eigenvalue weighted by Gasteiger charge is -2.10. The molecular formula is C13H14BrNOS. The largest absolute Gasteiger partial charge is 0.497 e. The van der Waals surface area contributed by atoms with Gasteiger partial charge in [-0.1, -0.05) is 12.1 Å². The highest BCUT2D eigenvalue weighted by Crippen LogP contribution is 2.33. The van der Waals surface area contributed by atoms with E-state index < -0.39 is 0 Å². The summed E-state index contributed by atoms with van der Waals surface area (Å²) in [5.74, 6) is 0.851. The average molecular weight is 312 g/mol. The molecule has 90 valence electrons. The highest BCUT2D eigenvalue weighted by molar-refractivity contribution is 9.11. The van der Waals surface area contributed by atoms with Gasteiger partial charge in [-0.05, 0) is 52.2 Å². The van der Waals surface area contributed by atoms with E-state index in [4.69, 9.17) is 10.5 Å². The molecular weight excluding hydrogens is 298 g/mol. The summed E-state index contributed by atoms with van der Waals surface area (Å²) in [6.07, 6.45) is 0. The minimum atomic E-state index is -0.0732. The van der Waals surface area contributed by atoms with Gasteiger partial charge in [-0.2, -0.15) is 0 Å².